The van der Waals surface area contributed by atoms with Crippen LogP contribution in [0.25, 0.3) is 0 Å². The minimum Gasteiger partial charge on any atom is -0.365 e. The lowest BCUT2D eigenvalue weighted by Crippen LogP contribution is -2.45. The van der Waals surface area contributed by atoms with Crippen LogP contribution in [0, 0.1) is 0 Å². The van der Waals surface area contributed by atoms with Crippen molar-refractivity contribution in [2.75, 3.05) is 18.4 Å². The molecule has 2 rings (SSSR count). The molecule has 0 aromatic carbocycles. The fraction of sp³-hybridized carbons (Fsp3) is 0.688. The van der Waals surface area contributed by atoms with Gasteiger partial charge in [0.15, 0.2) is 0 Å². The Kier molecular flexibility index (Phi) is 4.80. The fourth-order valence-corrected chi connectivity index (χ4v) is 2.55. The number of nitrogens with zero attached hydrogens (tertiary/aromatic N) is 3. The molecule has 1 fully saturated rings. The summed E-state index contributed by atoms with van der Waals surface area (Å²) in [5.41, 5.74) is -0.0610. The van der Waals surface area contributed by atoms with Crippen LogP contribution < -0.4 is 5.32 Å². The molecule has 116 valence electrons. The Hall–Kier alpha value is -1.65. The third-order valence-electron chi connectivity index (χ3n) is 3.75. The van der Waals surface area contributed by atoms with Gasteiger partial charge in [-0.05, 0) is 18.9 Å². The Balaban J connectivity index is 2.03. The van der Waals surface area contributed by atoms with Crippen LogP contribution in [0.3, 0.4) is 0 Å². The van der Waals surface area contributed by atoms with Crippen LogP contribution in [0.4, 0.5) is 5.82 Å². The normalized spacial score (nSPS) is 19.4. The van der Waals surface area contributed by atoms with Crippen molar-refractivity contribution in [3.8, 4) is 0 Å². The summed E-state index contributed by atoms with van der Waals surface area (Å²) in [7, 11) is 0. The summed E-state index contributed by atoms with van der Waals surface area (Å²) in [6.45, 7) is 9.87. The summed E-state index contributed by atoms with van der Waals surface area (Å²) < 4.78 is 0. The highest BCUT2D eigenvalue weighted by Crippen LogP contribution is 2.20. The average molecular weight is 290 g/mol. The van der Waals surface area contributed by atoms with E-state index >= 15 is 0 Å². The smallest absolute Gasteiger partial charge is 0.222 e. The molecule has 0 unspecified atom stereocenters. The first-order valence-corrected chi connectivity index (χ1v) is 7.78. The molecule has 1 aliphatic rings. The van der Waals surface area contributed by atoms with Crippen LogP contribution in [0.1, 0.15) is 52.8 Å². The van der Waals surface area contributed by atoms with E-state index < -0.39 is 0 Å². The van der Waals surface area contributed by atoms with Crippen molar-refractivity contribution in [3.05, 3.63) is 18.1 Å². The molecule has 21 heavy (non-hydrogen) atoms. The van der Waals surface area contributed by atoms with Gasteiger partial charge in [0, 0.05) is 37.2 Å². The van der Waals surface area contributed by atoms with Crippen molar-refractivity contribution in [2.24, 2.45) is 0 Å². The van der Waals surface area contributed by atoms with Crippen LogP contribution in [0.5, 0.6) is 0 Å². The topological polar surface area (TPSA) is 58.1 Å². The molecule has 5 heteroatoms. The zero-order valence-corrected chi connectivity index (χ0v) is 13.5. The van der Waals surface area contributed by atoms with Crippen LogP contribution in [-0.2, 0) is 10.2 Å². The zero-order valence-electron chi connectivity index (χ0n) is 13.5. The van der Waals surface area contributed by atoms with Crippen molar-refractivity contribution >= 4 is 11.7 Å². The summed E-state index contributed by atoms with van der Waals surface area (Å²) in [5.74, 6) is 1.93. The number of anilines is 1. The fourth-order valence-electron chi connectivity index (χ4n) is 2.55. The number of hydrogen-bond donors (Lipinski definition) is 1. The Labute approximate surface area is 127 Å². The maximum atomic E-state index is 11.8. The number of rotatable bonds is 3. The molecule has 1 N–H and O–H groups in total. The van der Waals surface area contributed by atoms with Gasteiger partial charge >= 0.3 is 0 Å². The first-order chi connectivity index (χ1) is 9.90. The number of carbonyl (C=O) groups excluding carboxylic acids is 1. The zero-order chi connectivity index (χ0) is 15.5. The van der Waals surface area contributed by atoms with Crippen molar-refractivity contribution in [2.45, 2.75) is 58.4 Å². The molecule has 0 saturated carbocycles. The van der Waals surface area contributed by atoms with Gasteiger partial charge in [-0.25, -0.2) is 9.97 Å². The Morgan fingerprint density at radius 2 is 2.24 bits per heavy atom. The minimum atomic E-state index is -0.0610. The lowest BCUT2D eigenvalue weighted by Gasteiger charge is -2.33. The highest BCUT2D eigenvalue weighted by molar-refractivity contribution is 5.76. The van der Waals surface area contributed by atoms with Gasteiger partial charge in [-0.1, -0.05) is 27.7 Å². The number of aromatic nitrogens is 2. The quantitative estimate of drug-likeness (QED) is 0.929. The third-order valence-corrected chi connectivity index (χ3v) is 3.75. The molecule has 1 atom stereocenters. The van der Waals surface area contributed by atoms with E-state index in [4.69, 9.17) is 0 Å². The number of amides is 1. The Bertz CT molecular complexity index is 495. The molecule has 5 nitrogen and oxygen atoms in total. The van der Waals surface area contributed by atoms with Gasteiger partial charge in [0.2, 0.25) is 5.91 Å². The molecule has 1 amide bonds. The van der Waals surface area contributed by atoms with Gasteiger partial charge in [0.25, 0.3) is 0 Å². The average Bonchev–Trinajstić information content (AvgIpc) is 2.46. The first kappa shape index (κ1) is 15.7. The second-order valence-corrected chi connectivity index (χ2v) is 6.69. The van der Waals surface area contributed by atoms with Crippen LogP contribution in [0.15, 0.2) is 12.3 Å². The SMILES string of the molecule is CCC(=O)N1CCC[C@H](Nc2ccnc(C(C)(C)C)n2)C1. The molecular formula is C16H26N4O. The van der Waals surface area contributed by atoms with E-state index in [0.29, 0.717) is 6.42 Å². The maximum absolute atomic E-state index is 11.8. The van der Waals surface area contributed by atoms with Gasteiger partial charge in [-0.15, -0.1) is 0 Å². The van der Waals surface area contributed by atoms with Gasteiger partial charge in [0.05, 0.1) is 0 Å². The molecule has 1 saturated heterocycles. The lowest BCUT2D eigenvalue weighted by atomic mass is 9.96. The molecule has 0 spiro atoms. The third kappa shape index (κ3) is 4.16. The monoisotopic (exact) mass is 290 g/mol. The molecule has 1 aromatic heterocycles. The van der Waals surface area contributed by atoms with Gasteiger partial charge in [0.1, 0.15) is 11.6 Å². The molecule has 0 bridgehead atoms. The number of likely N-dealkylation sites (tertiary alicyclic amines) is 1. The maximum Gasteiger partial charge on any atom is 0.222 e. The standard InChI is InChI=1S/C16H26N4O/c1-5-14(21)20-10-6-7-12(11-20)18-13-8-9-17-15(19-13)16(2,3)4/h8-9,12H,5-7,10-11H2,1-4H3,(H,17,18,19)/t12-/m0/s1. The van der Waals surface area contributed by atoms with Crippen molar-refractivity contribution in [3.63, 3.8) is 0 Å². The van der Waals surface area contributed by atoms with Gasteiger partial charge < -0.3 is 10.2 Å². The highest BCUT2D eigenvalue weighted by Gasteiger charge is 2.23. The van der Waals surface area contributed by atoms with Crippen LogP contribution in [-0.4, -0.2) is 39.9 Å². The molecule has 2 heterocycles. The number of nitrogens with one attached hydrogen (secondary N) is 1. The first-order valence-electron chi connectivity index (χ1n) is 7.78. The molecular weight excluding hydrogens is 264 g/mol. The summed E-state index contributed by atoms with van der Waals surface area (Å²) in [4.78, 5) is 22.7. The minimum absolute atomic E-state index is 0.0610. The van der Waals surface area contributed by atoms with E-state index in [2.05, 4.69) is 36.1 Å². The summed E-state index contributed by atoms with van der Waals surface area (Å²) in [5, 5.41) is 3.46. The van der Waals surface area contributed by atoms with Gasteiger partial charge in [-0.2, -0.15) is 0 Å². The number of carbonyl (C=O) groups is 1. The summed E-state index contributed by atoms with van der Waals surface area (Å²) in [6.07, 6.45) is 4.49. The molecule has 1 aromatic rings. The summed E-state index contributed by atoms with van der Waals surface area (Å²) in [6, 6.07) is 2.17. The van der Waals surface area contributed by atoms with E-state index in [1.807, 2.05) is 17.9 Å². The van der Waals surface area contributed by atoms with E-state index in [1.54, 1.807) is 6.20 Å². The van der Waals surface area contributed by atoms with Crippen molar-refractivity contribution in [1.82, 2.24) is 14.9 Å². The van der Waals surface area contributed by atoms with E-state index in [9.17, 15) is 4.79 Å². The second-order valence-electron chi connectivity index (χ2n) is 6.69. The molecule has 0 aliphatic carbocycles. The highest BCUT2D eigenvalue weighted by atomic mass is 16.2. The van der Waals surface area contributed by atoms with E-state index in [0.717, 1.165) is 37.6 Å². The predicted molar refractivity (Wildman–Crippen MR) is 84.2 cm³/mol. The lowest BCUT2D eigenvalue weighted by molar-refractivity contribution is -0.131. The molecule has 1 aliphatic heterocycles. The number of hydrogen-bond acceptors (Lipinski definition) is 4. The van der Waals surface area contributed by atoms with E-state index in [1.165, 1.54) is 0 Å². The molecule has 0 radical (unpaired) electrons. The van der Waals surface area contributed by atoms with Crippen LogP contribution >= 0.6 is 0 Å². The van der Waals surface area contributed by atoms with Gasteiger partial charge in [-0.3, -0.25) is 4.79 Å². The number of piperidine rings is 1. The predicted octanol–water partition coefficient (Wildman–Crippen LogP) is 2.59. The van der Waals surface area contributed by atoms with E-state index in [-0.39, 0.29) is 17.4 Å². The second kappa shape index (κ2) is 6.41. The van der Waals surface area contributed by atoms with Crippen LogP contribution in [0.2, 0.25) is 0 Å². The summed E-state index contributed by atoms with van der Waals surface area (Å²) >= 11 is 0. The van der Waals surface area contributed by atoms with Crippen molar-refractivity contribution < 1.29 is 4.79 Å². The Morgan fingerprint density at radius 3 is 2.90 bits per heavy atom. The largest absolute Gasteiger partial charge is 0.365 e. The Morgan fingerprint density at radius 1 is 1.48 bits per heavy atom. The van der Waals surface area contributed by atoms with Crippen molar-refractivity contribution in [1.29, 1.82) is 0 Å².